The highest BCUT2D eigenvalue weighted by Crippen LogP contribution is 2.30. The number of nitrogens with one attached hydrogen (secondary N) is 2. The first-order valence-corrected chi connectivity index (χ1v) is 7.53. The van der Waals surface area contributed by atoms with Crippen LogP contribution in [0, 0.1) is 0 Å². The van der Waals surface area contributed by atoms with Crippen LogP contribution in [0.4, 0.5) is 0 Å². The van der Waals surface area contributed by atoms with Crippen LogP contribution in [0.1, 0.15) is 27.0 Å². The summed E-state index contributed by atoms with van der Waals surface area (Å²) < 4.78 is 10.5. The molecule has 0 saturated carbocycles. The Labute approximate surface area is 147 Å². The van der Waals surface area contributed by atoms with Gasteiger partial charge in [-0.25, -0.2) is 0 Å². The van der Waals surface area contributed by atoms with E-state index in [1.165, 1.54) is 18.2 Å². The predicted octanol–water partition coefficient (Wildman–Crippen LogP) is 2.66. The summed E-state index contributed by atoms with van der Waals surface area (Å²) in [6.07, 6.45) is 0. The third kappa shape index (κ3) is 3.63. The molecular weight excluding hydrogens is 328 g/mol. The summed E-state index contributed by atoms with van der Waals surface area (Å²) in [6, 6.07) is 11.6. The molecule has 2 N–H and O–H groups in total. The third-order valence-electron chi connectivity index (χ3n) is 4.00. The topological polar surface area (TPSA) is 59.6 Å². The highest BCUT2D eigenvalue weighted by molar-refractivity contribution is 5.97. The zero-order chi connectivity index (χ0) is 16.2. The molecule has 1 heterocycles. The molecule has 0 bridgehead atoms. The number of carbonyl (C=O) groups excluding carboxylic acids is 1. The van der Waals surface area contributed by atoms with Gasteiger partial charge in [0, 0.05) is 19.6 Å². The van der Waals surface area contributed by atoms with Gasteiger partial charge >= 0.3 is 0 Å². The number of hydrogen-bond donors (Lipinski definition) is 2. The van der Waals surface area contributed by atoms with E-state index < -0.39 is 0 Å². The summed E-state index contributed by atoms with van der Waals surface area (Å²) in [4.78, 5) is 12.4. The van der Waals surface area contributed by atoms with Crippen LogP contribution in [0.3, 0.4) is 0 Å². The predicted molar refractivity (Wildman–Crippen MR) is 94.9 cm³/mol. The molecule has 0 spiro atoms. The SMILES string of the molecule is COc1cccc(C(=O)NCc2ccc3c(c2)CNC3)c1OC.Cl. The van der Waals surface area contributed by atoms with Crippen molar-refractivity contribution >= 4 is 18.3 Å². The van der Waals surface area contributed by atoms with Crippen LogP contribution in [0.15, 0.2) is 36.4 Å². The molecule has 0 fully saturated rings. The molecule has 0 unspecified atom stereocenters. The molecule has 5 nitrogen and oxygen atoms in total. The minimum Gasteiger partial charge on any atom is -0.493 e. The fourth-order valence-corrected chi connectivity index (χ4v) is 2.80. The van der Waals surface area contributed by atoms with Crippen molar-refractivity contribution in [1.82, 2.24) is 10.6 Å². The number of methoxy groups -OCH3 is 2. The van der Waals surface area contributed by atoms with E-state index in [1.807, 2.05) is 0 Å². The molecule has 6 heteroatoms. The van der Waals surface area contributed by atoms with Gasteiger partial charge in [-0.05, 0) is 28.8 Å². The minimum atomic E-state index is -0.181. The van der Waals surface area contributed by atoms with Gasteiger partial charge in [-0.2, -0.15) is 0 Å². The molecule has 0 atom stereocenters. The molecule has 0 aliphatic carbocycles. The van der Waals surface area contributed by atoms with E-state index in [4.69, 9.17) is 9.47 Å². The van der Waals surface area contributed by atoms with E-state index in [0.717, 1.165) is 18.7 Å². The summed E-state index contributed by atoms with van der Waals surface area (Å²) in [5, 5.41) is 6.25. The Hall–Kier alpha value is -2.24. The van der Waals surface area contributed by atoms with E-state index in [-0.39, 0.29) is 18.3 Å². The number of carbonyl (C=O) groups is 1. The van der Waals surface area contributed by atoms with E-state index in [2.05, 4.69) is 28.8 Å². The molecule has 0 saturated heterocycles. The first-order valence-electron chi connectivity index (χ1n) is 7.53. The summed E-state index contributed by atoms with van der Waals surface area (Å²) in [5.41, 5.74) is 4.18. The van der Waals surface area contributed by atoms with Gasteiger partial charge in [0.1, 0.15) is 0 Å². The average Bonchev–Trinajstić information content (AvgIpc) is 3.06. The van der Waals surface area contributed by atoms with E-state index in [1.54, 1.807) is 25.3 Å². The molecule has 128 valence electrons. The Morgan fingerprint density at radius 3 is 2.67 bits per heavy atom. The molecule has 3 rings (SSSR count). The van der Waals surface area contributed by atoms with Crippen molar-refractivity contribution in [1.29, 1.82) is 0 Å². The largest absolute Gasteiger partial charge is 0.493 e. The molecule has 0 aromatic heterocycles. The van der Waals surface area contributed by atoms with Gasteiger partial charge in [0.25, 0.3) is 5.91 Å². The number of hydrogen-bond acceptors (Lipinski definition) is 4. The molecule has 2 aromatic rings. The number of fused-ring (bicyclic) bond motifs is 1. The Morgan fingerprint density at radius 2 is 1.92 bits per heavy atom. The number of halogens is 1. The smallest absolute Gasteiger partial charge is 0.255 e. The number of amides is 1. The van der Waals surface area contributed by atoms with Crippen LogP contribution in [0.25, 0.3) is 0 Å². The molecule has 2 aromatic carbocycles. The van der Waals surface area contributed by atoms with Gasteiger partial charge in [-0.15, -0.1) is 12.4 Å². The van der Waals surface area contributed by atoms with Crippen LogP contribution in [0.2, 0.25) is 0 Å². The lowest BCUT2D eigenvalue weighted by Gasteiger charge is -2.13. The molecule has 0 radical (unpaired) electrons. The van der Waals surface area contributed by atoms with Crippen molar-refractivity contribution in [3.63, 3.8) is 0 Å². The number of ether oxygens (including phenoxy) is 2. The van der Waals surface area contributed by atoms with Crippen LogP contribution < -0.4 is 20.1 Å². The van der Waals surface area contributed by atoms with Gasteiger partial charge in [-0.3, -0.25) is 4.79 Å². The Balaban J connectivity index is 0.00000208. The lowest BCUT2D eigenvalue weighted by atomic mass is 10.1. The first kappa shape index (κ1) is 18.1. The third-order valence-corrected chi connectivity index (χ3v) is 4.00. The quantitative estimate of drug-likeness (QED) is 0.872. The normalized spacial score (nSPS) is 12.1. The molecule has 24 heavy (non-hydrogen) atoms. The van der Waals surface area contributed by atoms with Crippen molar-refractivity contribution in [2.45, 2.75) is 19.6 Å². The molecule has 1 aliphatic rings. The summed E-state index contributed by atoms with van der Waals surface area (Å²) in [5.74, 6) is 0.814. The number of rotatable bonds is 5. The highest BCUT2D eigenvalue weighted by atomic mass is 35.5. The minimum absolute atomic E-state index is 0. The summed E-state index contributed by atoms with van der Waals surface area (Å²) in [6.45, 7) is 2.29. The van der Waals surface area contributed by atoms with Gasteiger partial charge in [0.15, 0.2) is 11.5 Å². The second-order valence-corrected chi connectivity index (χ2v) is 5.43. The maximum absolute atomic E-state index is 12.4. The standard InChI is InChI=1S/C18H20N2O3.ClH/c1-22-16-5-3-4-15(17(16)23-2)18(21)20-9-12-6-7-13-10-19-11-14(13)8-12;/h3-8,19H,9-11H2,1-2H3,(H,20,21);1H. The van der Waals surface area contributed by atoms with Crippen molar-refractivity contribution in [3.05, 3.63) is 58.7 Å². The Bertz CT molecular complexity index is 734. The van der Waals surface area contributed by atoms with E-state index >= 15 is 0 Å². The van der Waals surface area contributed by atoms with Gasteiger partial charge < -0.3 is 20.1 Å². The summed E-state index contributed by atoms with van der Waals surface area (Å²) in [7, 11) is 3.08. The van der Waals surface area contributed by atoms with E-state index in [9.17, 15) is 4.79 Å². The zero-order valence-corrected chi connectivity index (χ0v) is 14.5. The molecular formula is C18H21ClN2O3. The van der Waals surface area contributed by atoms with Crippen LogP contribution in [0.5, 0.6) is 11.5 Å². The monoisotopic (exact) mass is 348 g/mol. The second-order valence-electron chi connectivity index (χ2n) is 5.43. The molecule has 1 amide bonds. The van der Waals surface area contributed by atoms with Crippen LogP contribution in [-0.2, 0) is 19.6 Å². The van der Waals surface area contributed by atoms with Crippen LogP contribution >= 0.6 is 12.4 Å². The highest BCUT2D eigenvalue weighted by Gasteiger charge is 2.16. The second kappa shape index (κ2) is 8.04. The maximum Gasteiger partial charge on any atom is 0.255 e. The number of para-hydroxylation sites is 1. The fraction of sp³-hybridized carbons (Fsp3) is 0.278. The Kier molecular flexibility index (Phi) is 6.06. The van der Waals surface area contributed by atoms with Gasteiger partial charge in [0.05, 0.1) is 19.8 Å². The lowest BCUT2D eigenvalue weighted by molar-refractivity contribution is 0.0947. The summed E-state index contributed by atoms with van der Waals surface area (Å²) >= 11 is 0. The van der Waals surface area contributed by atoms with Crippen molar-refractivity contribution in [2.24, 2.45) is 0 Å². The lowest BCUT2D eigenvalue weighted by Crippen LogP contribution is -2.23. The van der Waals surface area contributed by atoms with Gasteiger partial charge in [0.2, 0.25) is 0 Å². The van der Waals surface area contributed by atoms with Crippen molar-refractivity contribution in [2.75, 3.05) is 14.2 Å². The Morgan fingerprint density at radius 1 is 1.12 bits per heavy atom. The first-order chi connectivity index (χ1) is 11.2. The fourth-order valence-electron chi connectivity index (χ4n) is 2.80. The van der Waals surface area contributed by atoms with Crippen LogP contribution in [-0.4, -0.2) is 20.1 Å². The molecule has 1 aliphatic heterocycles. The zero-order valence-electron chi connectivity index (χ0n) is 13.7. The van der Waals surface area contributed by atoms with E-state index in [0.29, 0.717) is 23.6 Å². The van der Waals surface area contributed by atoms with Crippen molar-refractivity contribution in [3.8, 4) is 11.5 Å². The number of benzene rings is 2. The average molecular weight is 349 g/mol. The van der Waals surface area contributed by atoms with Crippen molar-refractivity contribution < 1.29 is 14.3 Å². The maximum atomic E-state index is 12.4. The van der Waals surface area contributed by atoms with Gasteiger partial charge in [-0.1, -0.05) is 24.3 Å².